The molecule has 21 heavy (non-hydrogen) atoms. The molecule has 0 atom stereocenters. The van der Waals surface area contributed by atoms with Crippen molar-refractivity contribution in [2.24, 2.45) is 7.05 Å². The molecular weight excluding hydrogens is 282 g/mol. The zero-order valence-electron chi connectivity index (χ0n) is 13.6. The lowest BCUT2D eigenvalue weighted by molar-refractivity contribution is 0.712. The Morgan fingerprint density at radius 2 is 2.19 bits per heavy atom. The number of rotatable bonds is 7. The van der Waals surface area contributed by atoms with Gasteiger partial charge in [-0.1, -0.05) is 20.8 Å². The maximum atomic E-state index is 4.84. The fourth-order valence-corrected chi connectivity index (χ4v) is 3.30. The van der Waals surface area contributed by atoms with E-state index in [2.05, 4.69) is 43.0 Å². The Hall–Kier alpha value is -1.40. The van der Waals surface area contributed by atoms with Crippen LogP contribution in [-0.4, -0.2) is 28.1 Å². The maximum Gasteiger partial charge on any atom is 0.185 e. The van der Waals surface area contributed by atoms with E-state index in [0.29, 0.717) is 5.92 Å². The minimum absolute atomic E-state index is 0.449. The van der Waals surface area contributed by atoms with Crippen molar-refractivity contribution in [3.63, 3.8) is 0 Å². The van der Waals surface area contributed by atoms with Gasteiger partial charge in [-0.15, -0.1) is 11.3 Å². The zero-order chi connectivity index (χ0) is 15.4. The molecule has 0 saturated carbocycles. The van der Waals surface area contributed by atoms with Crippen molar-refractivity contribution < 1.29 is 0 Å². The van der Waals surface area contributed by atoms with Crippen molar-refractivity contribution in [1.82, 2.24) is 19.9 Å². The molecule has 0 aliphatic carbocycles. The molecule has 1 N–H and O–H groups in total. The summed E-state index contributed by atoms with van der Waals surface area (Å²) in [6, 6.07) is 0. The van der Waals surface area contributed by atoms with E-state index < -0.39 is 0 Å². The molecule has 5 nitrogen and oxygen atoms in total. The van der Waals surface area contributed by atoms with Crippen LogP contribution in [0.25, 0.3) is 0 Å². The third-order valence-electron chi connectivity index (χ3n) is 3.42. The smallest absolute Gasteiger partial charge is 0.185 e. The predicted octanol–water partition coefficient (Wildman–Crippen LogP) is 2.75. The monoisotopic (exact) mass is 307 g/mol. The minimum atomic E-state index is 0.449. The largest absolute Gasteiger partial charge is 0.344 e. The van der Waals surface area contributed by atoms with Crippen LogP contribution in [0.3, 0.4) is 0 Å². The lowest BCUT2D eigenvalue weighted by atomic mass is 10.1. The second-order valence-electron chi connectivity index (χ2n) is 5.55. The number of hydrogen-bond donors (Lipinski definition) is 1. The minimum Gasteiger partial charge on any atom is -0.344 e. The molecule has 0 fully saturated rings. The van der Waals surface area contributed by atoms with Crippen LogP contribution >= 0.6 is 11.3 Å². The highest BCUT2D eigenvalue weighted by Crippen LogP contribution is 2.30. The van der Waals surface area contributed by atoms with Crippen LogP contribution in [0, 0.1) is 0 Å². The Morgan fingerprint density at radius 3 is 2.76 bits per heavy atom. The summed E-state index contributed by atoms with van der Waals surface area (Å²) >= 11 is 1.78. The molecule has 0 aromatic carbocycles. The molecule has 2 aromatic heterocycles. The van der Waals surface area contributed by atoms with Gasteiger partial charge in [-0.25, -0.2) is 9.97 Å². The molecule has 0 spiro atoms. The van der Waals surface area contributed by atoms with Gasteiger partial charge in [-0.2, -0.15) is 0 Å². The Morgan fingerprint density at radius 1 is 1.43 bits per heavy atom. The van der Waals surface area contributed by atoms with Crippen LogP contribution in [0.15, 0.2) is 12.4 Å². The van der Waals surface area contributed by atoms with Crippen molar-refractivity contribution in [2.45, 2.75) is 39.8 Å². The second kappa shape index (κ2) is 7.04. The highest BCUT2D eigenvalue weighted by Gasteiger charge is 2.17. The molecule has 0 aliphatic rings. The van der Waals surface area contributed by atoms with Gasteiger partial charge in [0.15, 0.2) is 5.13 Å². The van der Waals surface area contributed by atoms with E-state index in [4.69, 9.17) is 4.98 Å². The third-order valence-corrected chi connectivity index (χ3v) is 4.61. The molecule has 0 amide bonds. The van der Waals surface area contributed by atoms with Crippen LogP contribution in [0.4, 0.5) is 5.13 Å². The summed E-state index contributed by atoms with van der Waals surface area (Å²) in [5.74, 6) is 1.50. The second-order valence-corrected chi connectivity index (χ2v) is 6.61. The average molecular weight is 307 g/mol. The first-order valence-electron chi connectivity index (χ1n) is 7.40. The van der Waals surface area contributed by atoms with E-state index in [1.165, 1.54) is 10.6 Å². The number of imidazole rings is 1. The van der Waals surface area contributed by atoms with Crippen LogP contribution < -0.4 is 10.2 Å². The zero-order valence-corrected chi connectivity index (χ0v) is 14.4. The van der Waals surface area contributed by atoms with Gasteiger partial charge in [0.05, 0.1) is 12.2 Å². The standard InChI is InChI=1S/C15H25N5S/c1-6-16-9-12-14(11(2)3)18-15(21-12)20(5)10-13-17-7-8-19(13)4/h7-8,11,16H,6,9-10H2,1-5H3. The first-order valence-corrected chi connectivity index (χ1v) is 8.22. The fourth-order valence-electron chi connectivity index (χ4n) is 2.16. The summed E-state index contributed by atoms with van der Waals surface area (Å²) in [6.45, 7) is 9.19. The number of anilines is 1. The van der Waals surface area contributed by atoms with Crippen molar-refractivity contribution in [1.29, 1.82) is 0 Å². The molecule has 6 heteroatoms. The molecule has 0 radical (unpaired) electrons. The SMILES string of the molecule is CCNCc1sc(N(C)Cc2nccn2C)nc1C(C)C. The summed E-state index contributed by atoms with van der Waals surface area (Å²) in [4.78, 5) is 12.7. The summed E-state index contributed by atoms with van der Waals surface area (Å²) in [6.07, 6.45) is 3.81. The van der Waals surface area contributed by atoms with Crippen LogP contribution in [0.2, 0.25) is 0 Å². The molecule has 116 valence electrons. The van der Waals surface area contributed by atoms with E-state index in [1.54, 1.807) is 11.3 Å². The molecule has 2 aromatic rings. The first kappa shape index (κ1) is 16.0. The van der Waals surface area contributed by atoms with Gasteiger partial charge in [0.1, 0.15) is 5.82 Å². The fraction of sp³-hybridized carbons (Fsp3) is 0.600. The van der Waals surface area contributed by atoms with Crippen molar-refractivity contribution in [3.05, 3.63) is 28.8 Å². The van der Waals surface area contributed by atoms with Crippen molar-refractivity contribution in [2.75, 3.05) is 18.5 Å². The van der Waals surface area contributed by atoms with Gasteiger partial charge in [0, 0.05) is 37.9 Å². The van der Waals surface area contributed by atoms with Gasteiger partial charge in [0.2, 0.25) is 0 Å². The van der Waals surface area contributed by atoms with E-state index >= 15 is 0 Å². The summed E-state index contributed by atoms with van der Waals surface area (Å²) < 4.78 is 2.05. The highest BCUT2D eigenvalue weighted by atomic mass is 32.1. The summed E-state index contributed by atoms with van der Waals surface area (Å²) in [5, 5.41) is 4.47. The number of thiazole rings is 1. The van der Waals surface area contributed by atoms with E-state index in [0.717, 1.165) is 30.6 Å². The molecule has 2 heterocycles. The van der Waals surface area contributed by atoms with Gasteiger partial charge in [0.25, 0.3) is 0 Å². The lowest BCUT2D eigenvalue weighted by Crippen LogP contribution is -2.18. The summed E-state index contributed by atoms with van der Waals surface area (Å²) in [7, 11) is 4.10. The van der Waals surface area contributed by atoms with Gasteiger partial charge in [-0.3, -0.25) is 0 Å². The highest BCUT2D eigenvalue weighted by molar-refractivity contribution is 7.15. The van der Waals surface area contributed by atoms with Gasteiger partial charge in [-0.05, 0) is 12.5 Å². The van der Waals surface area contributed by atoms with Crippen molar-refractivity contribution >= 4 is 16.5 Å². The van der Waals surface area contributed by atoms with E-state index in [-0.39, 0.29) is 0 Å². The Bertz CT molecular complexity index is 572. The van der Waals surface area contributed by atoms with Crippen LogP contribution in [0.1, 0.15) is 43.1 Å². The van der Waals surface area contributed by atoms with E-state index in [1.807, 2.05) is 24.0 Å². The van der Waals surface area contributed by atoms with Gasteiger partial charge < -0.3 is 14.8 Å². The summed E-state index contributed by atoms with van der Waals surface area (Å²) in [5.41, 5.74) is 1.21. The molecule has 0 saturated heterocycles. The average Bonchev–Trinajstić information content (AvgIpc) is 3.03. The Balaban J connectivity index is 2.17. The quantitative estimate of drug-likeness (QED) is 0.854. The lowest BCUT2D eigenvalue weighted by Gasteiger charge is -2.15. The van der Waals surface area contributed by atoms with E-state index in [9.17, 15) is 0 Å². The first-order chi connectivity index (χ1) is 10.0. The molecular formula is C15H25N5S. The number of hydrogen-bond acceptors (Lipinski definition) is 5. The molecule has 0 unspecified atom stereocenters. The number of aryl methyl sites for hydroxylation is 1. The Kier molecular flexibility index (Phi) is 5.36. The van der Waals surface area contributed by atoms with Crippen molar-refractivity contribution in [3.8, 4) is 0 Å². The number of nitrogens with one attached hydrogen (secondary N) is 1. The molecule has 0 bridgehead atoms. The topological polar surface area (TPSA) is 46.0 Å². The van der Waals surface area contributed by atoms with Gasteiger partial charge >= 0.3 is 0 Å². The predicted molar refractivity (Wildman–Crippen MR) is 88.9 cm³/mol. The van der Waals surface area contributed by atoms with Crippen LogP contribution in [0.5, 0.6) is 0 Å². The third kappa shape index (κ3) is 3.83. The molecule has 2 rings (SSSR count). The number of aromatic nitrogens is 3. The molecule has 0 aliphatic heterocycles. The Labute approximate surface area is 131 Å². The van der Waals surface area contributed by atoms with Crippen LogP contribution in [-0.2, 0) is 20.1 Å². The normalized spacial score (nSPS) is 11.3. The number of nitrogens with zero attached hydrogens (tertiary/aromatic N) is 4. The maximum absolute atomic E-state index is 4.84.